The van der Waals surface area contributed by atoms with Gasteiger partial charge in [-0.05, 0) is 40.0 Å². The van der Waals surface area contributed by atoms with Crippen molar-refractivity contribution in [1.82, 2.24) is 0 Å². The maximum absolute atomic E-state index is 11.9. The SMILES string of the molecule is O=C(OCc1ccsc1)c1ccc2c(c1)B(O)OC2. The van der Waals surface area contributed by atoms with E-state index in [0.29, 0.717) is 17.6 Å². The van der Waals surface area contributed by atoms with E-state index in [1.165, 1.54) is 0 Å². The molecule has 0 spiro atoms. The Morgan fingerprint density at radius 3 is 3.16 bits per heavy atom. The van der Waals surface area contributed by atoms with Gasteiger partial charge in [-0.3, -0.25) is 0 Å². The van der Waals surface area contributed by atoms with E-state index in [-0.39, 0.29) is 6.61 Å². The Morgan fingerprint density at radius 1 is 1.47 bits per heavy atom. The molecule has 0 unspecified atom stereocenters. The fourth-order valence-electron chi connectivity index (χ4n) is 1.95. The van der Waals surface area contributed by atoms with Crippen LogP contribution in [0.25, 0.3) is 0 Å². The van der Waals surface area contributed by atoms with Crippen molar-refractivity contribution in [3.05, 3.63) is 51.7 Å². The lowest BCUT2D eigenvalue weighted by molar-refractivity contribution is 0.0473. The summed E-state index contributed by atoms with van der Waals surface area (Å²) >= 11 is 1.56. The molecule has 0 bridgehead atoms. The van der Waals surface area contributed by atoms with E-state index in [1.54, 1.807) is 29.5 Å². The molecule has 1 N–H and O–H groups in total. The highest BCUT2D eigenvalue weighted by atomic mass is 32.1. The summed E-state index contributed by atoms with van der Waals surface area (Å²) in [4.78, 5) is 11.9. The average molecular weight is 274 g/mol. The van der Waals surface area contributed by atoms with Crippen LogP contribution < -0.4 is 5.46 Å². The molecule has 0 saturated heterocycles. The Morgan fingerprint density at radius 2 is 2.37 bits per heavy atom. The van der Waals surface area contributed by atoms with Crippen molar-refractivity contribution in [3.8, 4) is 0 Å². The number of hydrogen-bond donors (Lipinski definition) is 1. The monoisotopic (exact) mass is 274 g/mol. The Labute approximate surface area is 114 Å². The molecule has 2 aromatic rings. The molecule has 0 aliphatic carbocycles. The predicted molar refractivity (Wildman–Crippen MR) is 72.3 cm³/mol. The van der Waals surface area contributed by atoms with Crippen molar-refractivity contribution in [2.24, 2.45) is 0 Å². The highest BCUT2D eigenvalue weighted by molar-refractivity contribution is 7.07. The molecule has 0 atom stereocenters. The van der Waals surface area contributed by atoms with E-state index >= 15 is 0 Å². The zero-order valence-electron chi connectivity index (χ0n) is 10.0. The molecule has 2 heterocycles. The van der Waals surface area contributed by atoms with Gasteiger partial charge in [0, 0.05) is 5.56 Å². The molecule has 6 heteroatoms. The smallest absolute Gasteiger partial charge is 0.457 e. The molecule has 1 aliphatic rings. The molecule has 0 fully saturated rings. The average Bonchev–Trinajstić information content (AvgIpc) is 3.06. The van der Waals surface area contributed by atoms with Gasteiger partial charge >= 0.3 is 13.1 Å². The first-order valence-electron chi connectivity index (χ1n) is 5.85. The van der Waals surface area contributed by atoms with Gasteiger partial charge < -0.3 is 14.4 Å². The number of esters is 1. The number of carbonyl (C=O) groups excluding carboxylic acids is 1. The van der Waals surface area contributed by atoms with Crippen molar-refractivity contribution in [1.29, 1.82) is 0 Å². The Bertz CT molecular complexity index is 597. The van der Waals surface area contributed by atoms with E-state index < -0.39 is 13.1 Å². The Hall–Kier alpha value is -1.63. The van der Waals surface area contributed by atoms with E-state index in [4.69, 9.17) is 9.39 Å². The van der Waals surface area contributed by atoms with E-state index in [2.05, 4.69) is 0 Å². The van der Waals surface area contributed by atoms with Gasteiger partial charge in [0.1, 0.15) is 6.61 Å². The summed E-state index contributed by atoms with van der Waals surface area (Å²) in [6.07, 6.45) is 0. The fourth-order valence-corrected chi connectivity index (χ4v) is 2.60. The second kappa shape index (κ2) is 5.17. The van der Waals surface area contributed by atoms with Gasteiger partial charge in [0.2, 0.25) is 0 Å². The van der Waals surface area contributed by atoms with Gasteiger partial charge in [-0.15, -0.1) is 0 Å². The van der Waals surface area contributed by atoms with Crippen LogP contribution in [0.5, 0.6) is 0 Å². The van der Waals surface area contributed by atoms with Gasteiger partial charge in [0.25, 0.3) is 0 Å². The van der Waals surface area contributed by atoms with Gasteiger partial charge in [-0.2, -0.15) is 11.3 Å². The molecule has 4 nitrogen and oxygen atoms in total. The first-order valence-corrected chi connectivity index (χ1v) is 6.79. The number of ether oxygens (including phenoxy) is 1. The van der Waals surface area contributed by atoms with Crippen molar-refractivity contribution >= 4 is 29.9 Å². The summed E-state index contributed by atoms with van der Waals surface area (Å²) in [6.45, 7) is 0.638. The molecule has 96 valence electrons. The summed E-state index contributed by atoms with van der Waals surface area (Å²) in [6, 6.07) is 7.02. The Balaban J connectivity index is 1.72. The Kier molecular flexibility index (Phi) is 3.37. The standard InChI is InChI=1S/C13H11BO4S/c15-13(17-6-9-3-4-19-8-9)10-1-2-11-7-18-14(16)12(11)5-10/h1-5,8,16H,6-7H2. The zero-order valence-corrected chi connectivity index (χ0v) is 10.9. The molecular weight excluding hydrogens is 263 g/mol. The largest absolute Gasteiger partial charge is 0.491 e. The lowest BCUT2D eigenvalue weighted by Gasteiger charge is -2.05. The van der Waals surface area contributed by atoms with Crippen molar-refractivity contribution in [2.45, 2.75) is 13.2 Å². The first kappa shape index (κ1) is 12.4. The van der Waals surface area contributed by atoms with Gasteiger partial charge in [-0.1, -0.05) is 6.07 Å². The third-order valence-corrected chi connectivity index (χ3v) is 3.73. The molecule has 0 radical (unpaired) electrons. The van der Waals surface area contributed by atoms with Crippen LogP contribution in [-0.4, -0.2) is 18.1 Å². The summed E-state index contributed by atoms with van der Waals surface area (Å²) < 4.78 is 10.3. The van der Waals surface area contributed by atoms with Gasteiger partial charge in [0.05, 0.1) is 12.2 Å². The number of benzene rings is 1. The van der Waals surface area contributed by atoms with Crippen LogP contribution in [0.1, 0.15) is 21.5 Å². The summed E-state index contributed by atoms with van der Waals surface area (Å²) in [5, 5.41) is 13.5. The lowest BCUT2D eigenvalue weighted by Crippen LogP contribution is -2.28. The minimum absolute atomic E-state index is 0.262. The van der Waals surface area contributed by atoms with Crippen molar-refractivity contribution < 1.29 is 19.2 Å². The quantitative estimate of drug-likeness (QED) is 0.677. The van der Waals surface area contributed by atoms with E-state index in [0.717, 1.165) is 11.1 Å². The van der Waals surface area contributed by atoms with Crippen LogP contribution in [0.15, 0.2) is 35.0 Å². The van der Waals surface area contributed by atoms with Crippen molar-refractivity contribution in [3.63, 3.8) is 0 Å². The normalized spacial score (nSPS) is 13.4. The summed E-state index contributed by atoms with van der Waals surface area (Å²) in [7, 11) is -0.945. The first-order chi connectivity index (χ1) is 9.24. The highest BCUT2D eigenvalue weighted by Crippen LogP contribution is 2.13. The molecule has 1 aliphatic heterocycles. The lowest BCUT2D eigenvalue weighted by atomic mass is 9.79. The summed E-state index contributed by atoms with van der Waals surface area (Å²) in [5.41, 5.74) is 2.95. The number of rotatable bonds is 3. The minimum atomic E-state index is -0.945. The summed E-state index contributed by atoms with van der Waals surface area (Å²) in [5.74, 6) is -0.395. The van der Waals surface area contributed by atoms with Gasteiger partial charge in [-0.25, -0.2) is 4.79 Å². The predicted octanol–water partition coefficient (Wildman–Crippen LogP) is 1.32. The van der Waals surface area contributed by atoms with Gasteiger partial charge in [0.15, 0.2) is 0 Å². The van der Waals surface area contributed by atoms with Crippen LogP contribution in [0.4, 0.5) is 0 Å². The topological polar surface area (TPSA) is 55.8 Å². The number of carbonyl (C=O) groups is 1. The number of fused-ring (bicyclic) bond motifs is 1. The second-order valence-electron chi connectivity index (χ2n) is 4.28. The van der Waals surface area contributed by atoms with E-state index in [1.807, 2.05) is 16.8 Å². The third-order valence-electron chi connectivity index (χ3n) is 2.99. The zero-order chi connectivity index (χ0) is 13.2. The molecule has 0 saturated carbocycles. The maximum atomic E-state index is 11.9. The third kappa shape index (κ3) is 2.56. The molecule has 1 aromatic heterocycles. The molecule has 1 aromatic carbocycles. The molecule has 0 amide bonds. The maximum Gasteiger partial charge on any atom is 0.491 e. The molecule has 3 rings (SSSR count). The number of hydrogen-bond acceptors (Lipinski definition) is 5. The van der Waals surface area contributed by atoms with Crippen LogP contribution in [-0.2, 0) is 22.6 Å². The molecule has 19 heavy (non-hydrogen) atoms. The fraction of sp³-hybridized carbons (Fsp3) is 0.154. The van der Waals surface area contributed by atoms with Crippen LogP contribution in [0, 0.1) is 0 Å². The van der Waals surface area contributed by atoms with Crippen LogP contribution in [0.2, 0.25) is 0 Å². The highest BCUT2D eigenvalue weighted by Gasteiger charge is 2.28. The second-order valence-corrected chi connectivity index (χ2v) is 5.06. The van der Waals surface area contributed by atoms with Crippen molar-refractivity contribution in [2.75, 3.05) is 0 Å². The minimum Gasteiger partial charge on any atom is -0.457 e. The molecular formula is C13H11BO4S. The van der Waals surface area contributed by atoms with Crippen LogP contribution in [0.3, 0.4) is 0 Å². The number of thiophene rings is 1. The van der Waals surface area contributed by atoms with E-state index in [9.17, 15) is 9.82 Å². The van der Waals surface area contributed by atoms with Crippen LogP contribution >= 0.6 is 11.3 Å².